The first-order chi connectivity index (χ1) is 9.15. The summed E-state index contributed by atoms with van der Waals surface area (Å²) in [5, 5.41) is 3.21. The van der Waals surface area contributed by atoms with Gasteiger partial charge < -0.3 is 24.6 Å². The SMILES string of the molecule is COCCN(CCCN(C)C)C(=O)C1COCCN1. The molecule has 1 saturated heterocycles. The van der Waals surface area contributed by atoms with Crippen molar-refractivity contribution in [3.63, 3.8) is 0 Å². The third-order valence-electron chi connectivity index (χ3n) is 3.13. The van der Waals surface area contributed by atoms with Crippen LogP contribution in [0.2, 0.25) is 0 Å². The standard InChI is InChI=1S/C13H27N3O3/c1-15(2)6-4-7-16(8-10-18-3)13(17)12-11-19-9-5-14-12/h12,14H,4-11H2,1-3H3. The zero-order chi connectivity index (χ0) is 14.1. The largest absolute Gasteiger partial charge is 0.383 e. The normalized spacial score (nSPS) is 19.7. The lowest BCUT2D eigenvalue weighted by Crippen LogP contribution is -2.53. The number of carbonyl (C=O) groups is 1. The molecule has 0 aromatic rings. The van der Waals surface area contributed by atoms with Gasteiger partial charge in [-0.2, -0.15) is 0 Å². The van der Waals surface area contributed by atoms with Crippen molar-refractivity contribution in [2.24, 2.45) is 0 Å². The van der Waals surface area contributed by atoms with Crippen LogP contribution in [0.25, 0.3) is 0 Å². The number of ether oxygens (including phenoxy) is 2. The number of methoxy groups -OCH3 is 1. The van der Waals surface area contributed by atoms with Gasteiger partial charge in [0.15, 0.2) is 0 Å². The molecule has 112 valence electrons. The fourth-order valence-corrected chi connectivity index (χ4v) is 2.06. The minimum absolute atomic E-state index is 0.121. The molecule has 0 aromatic heterocycles. The van der Waals surface area contributed by atoms with Crippen LogP contribution in [-0.4, -0.2) is 89.0 Å². The van der Waals surface area contributed by atoms with E-state index in [1.165, 1.54) is 0 Å². The number of hydrogen-bond acceptors (Lipinski definition) is 5. The third-order valence-corrected chi connectivity index (χ3v) is 3.13. The van der Waals surface area contributed by atoms with Crippen molar-refractivity contribution in [1.29, 1.82) is 0 Å². The van der Waals surface area contributed by atoms with Gasteiger partial charge in [-0.25, -0.2) is 0 Å². The number of rotatable bonds is 8. The van der Waals surface area contributed by atoms with Gasteiger partial charge in [0.25, 0.3) is 0 Å². The van der Waals surface area contributed by atoms with Crippen LogP contribution in [0.5, 0.6) is 0 Å². The minimum atomic E-state index is -0.204. The second-order valence-electron chi connectivity index (χ2n) is 5.06. The van der Waals surface area contributed by atoms with Crippen molar-refractivity contribution >= 4 is 5.91 Å². The highest BCUT2D eigenvalue weighted by Crippen LogP contribution is 2.02. The van der Waals surface area contributed by atoms with E-state index in [4.69, 9.17) is 9.47 Å². The Kier molecular flexibility index (Phi) is 7.97. The van der Waals surface area contributed by atoms with Crippen LogP contribution in [0.4, 0.5) is 0 Å². The molecule has 1 aliphatic rings. The van der Waals surface area contributed by atoms with Gasteiger partial charge in [0, 0.05) is 26.7 Å². The van der Waals surface area contributed by atoms with Crippen LogP contribution in [0.3, 0.4) is 0 Å². The zero-order valence-corrected chi connectivity index (χ0v) is 12.4. The van der Waals surface area contributed by atoms with E-state index in [9.17, 15) is 4.79 Å². The van der Waals surface area contributed by atoms with Gasteiger partial charge in [-0.05, 0) is 27.1 Å². The van der Waals surface area contributed by atoms with Crippen LogP contribution < -0.4 is 5.32 Å². The van der Waals surface area contributed by atoms with E-state index in [2.05, 4.69) is 10.2 Å². The summed E-state index contributed by atoms with van der Waals surface area (Å²) in [5.74, 6) is 0.121. The molecule has 6 nitrogen and oxygen atoms in total. The Hall–Kier alpha value is -0.690. The summed E-state index contributed by atoms with van der Waals surface area (Å²) >= 11 is 0. The van der Waals surface area contributed by atoms with Crippen molar-refractivity contribution in [1.82, 2.24) is 15.1 Å². The van der Waals surface area contributed by atoms with E-state index in [0.29, 0.717) is 26.4 Å². The van der Waals surface area contributed by atoms with Crippen LogP contribution in [0, 0.1) is 0 Å². The highest BCUT2D eigenvalue weighted by Gasteiger charge is 2.25. The second-order valence-corrected chi connectivity index (χ2v) is 5.06. The maximum absolute atomic E-state index is 12.4. The molecular formula is C13H27N3O3. The molecule has 1 fully saturated rings. The Balaban J connectivity index is 2.43. The van der Waals surface area contributed by atoms with Crippen LogP contribution >= 0.6 is 0 Å². The van der Waals surface area contributed by atoms with Gasteiger partial charge in [-0.15, -0.1) is 0 Å². The van der Waals surface area contributed by atoms with E-state index in [0.717, 1.165) is 26.1 Å². The molecule has 1 atom stereocenters. The van der Waals surface area contributed by atoms with Crippen molar-refractivity contribution in [2.75, 3.05) is 67.2 Å². The lowest BCUT2D eigenvalue weighted by atomic mass is 10.2. The minimum Gasteiger partial charge on any atom is -0.383 e. The number of amides is 1. The Morgan fingerprint density at radius 3 is 2.74 bits per heavy atom. The van der Waals surface area contributed by atoms with E-state index >= 15 is 0 Å². The van der Waals surface area contributed by atoms with Crippen LogP contribution in [0.1, 0.15) is 6.42 Å². The molecule has 1 rings (SSSR count). The summed E-state index contributed by atoms with van der Waals surface area (Å²) in [4.78, 5) is 16.4. The average Bonchev–Trinajstić information content (AvgIpc) is 2.42. The first-order valence-corrected chi connectivity index (χ1v) is 6.88. The highest BCUT2D eigenvalue weighted by atomic mass is 16.5. The molecule has 1 N–H and O–H groups in total. The van der Waals surface area contributed by atoms with E-state index in [-0.39, 0.29) is 11.9 Å². The predicted octanol–water partition coefficient (Wildman–Crippen LogP) is -0.598. The Morgan fingerprint density at radius 2 is 2.16 bits per heavy atom. The smallest absolute Gasteiger partial charge is 0.242 e. The monoisotopic (exact) mass is 273 g/mol. The molecule has 0 saturated carbocycles. The fourth-order valence-electron chi connectivity index (χ4n) is 2.06. The Bertz CT molecular complexity index is 256. The zero-order valence-electron chi connectivity index (χ0n) is 12.4. The lowest BCUT2D eigenvalue weighted by Gasteiger charge is -2.30. The third kappa shape index (κ3) is 6.33. The quantitative estimate of drug-likeness (QED) is 0.640. The van der Waals surface area contributed by atoms with Crippen molar-refractivity contribution in [3.8, 4) is 0 Å². The van der Waals surface area contributed by atoms with Gasteiger partial charge in [0.2, 0.25) is 5.91 Å². The lowest BCUT2D eigenvalue weighted by molar-refractivity contribution is -0.137. The van der Waals surface area contributed by atoms with Gasteiger partial charge >= 0.3 is 0 Å². The molecule has 1 aliphatic heterocycles. The van der Waals surface area contributed by atoms with Crippen molar-refractivity contribution < 1.29 is 14.3 Å². The van der Waals surface area contributed by atoms with E-state index < -0.39 is 0 Å². The molecule has 0 radical (unpaired) electrons. The summed E-state index contributed by atoms with van der Waals surface area (Å²) in [6, 6.07) is -0.204. The number of hydrogen-bond donors (Lipinski definition) is 1. The van der Waals surface area contributed by atoms with E-state index in [1.807, 2.05) is 19.0 Å². The molecular weight excluding hydrogens is 246 g/mol. The molecule has 0 spiro atoms. The number of nitrogens with one attached hydrogen (secondary N) is 1. The first kappa shape index (κ1) is 16.4. The maximum atomic E-state index is 12.4. The number of morpholine rings is 1. The molecule has 1 amide bonds. The van der Waals surface area contributed by atoms with Gasteiger partial charge in [-0.3, -0.25) is 4.79 Å². The van der Waals surface area contributed by atoms with Gasteiger partial charge in [0.05, 0.1) is 19.8 Å². The fraction of sp³-hybridized carbons (Fsp3) is 0.923. The molecule has 1 heterocycles. The van der Waals surface area contributed by atoms with Crippen LogP contribution in [0.15, 0.2) is 0 Å². The van der Waals surface area contributed by atoms with Gasteiger partial charge in [0.1, 0.15) is 6.04 Å². The van der Waals surface area contributed by atoms with Crippen molar-refractivity contribution in [3.05, 3.63) is 0 Å². The summed E-state index contributed by atoms with van der Waals surface area (Å²) in [6.45, 7) is 4.84. The molecule has 0 aliphatic carbocycles. The number of nitrogens with zero attached hydrogens (tertiary/aromatic N) is 2. The molecule has 0 bridgehead atoms. The van der Waals surface area contributed by atoms with E-state index in [1.54, 1.807) is 7.11 Å². The molecule has 0 aromatic carbocycles. The van der Waals surface area contributed by atoms with Crippen molar-refractivity contribution in [2.45, 2.75) is 12.5 Å². The predicted molar refractivity (Wildman–Crippen MR) is 74.2 cm³/mol. The topological polar surface area (TPSA) is 54.0 Å². The Labute approximate surface area is 116 Å². The number of carbonyl (C=O) groups excluding carboxylic acids is 1. The highest BCUT2D eigenvalue weighted by molar-refractivity contribution is 5.82. The summed E-state index contributed by atoms with van der Waals surface area (Å²) in [5.41, 5.74) is 0. The first-order valence-electron chi connectivity index (χ1n) is 6.88. The maximum Gasteiger partial charge on any atom is 0.242 e. The molecule has 1 unspecified atom stereocenters. The summed E-state index contributed by atoms with van der Waals surface area (Å²) in [6.07, 6.45) is 0.968. The summed E-state index contributed by atoms with van der Waals surface area (Å²) < 4.78 is 10.4. The average molecular weight is 273 g/mol. The summed E-state index contributed by atoms with van der Waals surface area (Å²) in [7, 11) is 5.74. The molecule has 19 heavy (non-hydrogen) atoms. The molecule has 6 heteroatoms. The van der Waals surface area contributed by atoms with Crippen LogP contribution in [-0.2, 0) is 14.3 Å². The second kappa shape index (κ2) is 9.25. The van der Waals surface area contributed by atoms with Gasteiger partial charge in [-0.1, -0.05) is 0 Å². The Morgan fingerprint density at radius 1 is 1.37 bits per heavy atom.